The normalized spacial score (nSPS) is 10.0. The number of pyridine rings is 1. The molecule has 4 nitrogen and oxygen atoms in total. The average molecular weight is 269 g/mol. The van der Waals surface area contributed by atoms with Crippen LogP contribution < -0.4 is 10.1 Å². The Balaban J connectivity index is 2.14. The van der Waals surface area contributed by atoms with Gasteiger partial charge in [0, 0.05) is 17.6 Å². The Bertz CT molecular complexity index is 542. The lowest BCUT2D eigenvalue weighted by Gasteiger charge is -2.04. The Hall–Kier alpha value is -1.59. The molecule has 17 heavy (non-hydrogen) atoms. The third kappa shape index (κ3) is 2.75. The van der Waals surface area contributed by atoms with E-state index >= 15 is 0 Å². The van der Waals surface area contributed by atoms with Crippen LogP contribution in [0.25, 0.3) is 0 Å². The molecule has 1 amide bonds. The highest BCUT2D eigenvalue weighted by Crippen LogP contribution is 2.23. The number of nitrogens with one attached hydrogen (secondary N) is 1. The summed E-state index contributed by atoms with van der Waals surface area (Å²) in [5, 5.41) is 4.72. The number of carbonyl (C=O) groups excluding carboxylic acids is 1. The van der Waals surface area contributed by atoms with Crippen molar-refractivity contribution in [3.05, 3.63) is 39.8 Å². The van der Waals surface area contributed by atoms with Crippen molar-refractivity contribution in [2.24, 2.45) is 0 Å². The molecule has 0 bridgehead atoms. The van der Waals surface area contributed by atoms with E-state index in [4.69, 9.17) is 16.3 Å². The molecule has 0 aliphatic rings. The molecule has 2 aromatic rings. The summed E-state index contributed by atoms with van der Waals surface area (Å²) in [6.45, 7) is 0. The Labute approximate surface area is 107 Å². The predicted molar refractivity (Wildman–Crippen MR) is 68.1 cm³/mol. The number of halogens is 1. The van der Waals surface area contributed by atoms with Crippen LogP contribution in [-0.2, 0) is 0 Å². The van der Waals surface area contributed by atoms with Gasteiger partial charge in [0.15, 0.2) is 5.15 Å². The molecule has 0 unspecified atom stereocenters. The molecule has 2 aromatic heterocycles. The molecule has 0 saturated heterocycles. The number of hydrogen-bond acceptors (Lipinski definition) is 4. The zero-order valence-electron chi connectivity index (χ0n) is 8.94. The van der Waals surface area contributed by atoms with Crippen LogP contribution in [0.2, 0.25) is 5.15 Å². The maximum absolute atomic E-state index is 11.9. The number of anilines is 1. The molecule has 1 N–H and O–H groups in total. The van der Waals surface area contributed by atoms with Gasteiger partial charge in [0.2, 0.25) is 0 Å². The van der Waals surface area contributed by atoms with E-state index in [1.165, 1.54) is 11.3 Å². The van der Waals surface area contributed by atoms with Gasteiger partial charge in [0.05, 0.1) is 17.7 Å². The molecule has 0 fully saturated rings. The minimum absolute atomic E-state index is 0.229. The number of nitrogens with zero attached hydrogens (tertiary/aromatic N) is 1. The summed E-state index contributed by atoms with van der Waals surface area (Å²) in [5.41, 5.74) is 0.492. The molecule has 0 atom stereocenters. The number of hydrogen-bond donors (Lipinski definition) is 1. The van der Waals surface area contributed by atoms with Crippen LogP contribution >= 0.6 is 22.9 Å². The van der Waals surface area contributed by atoms with Gasteiger partial charge in [-0.25, -0.2) is 4.98 Å². The van der Waals surface area contributed by atoms with E-state index in [-0.39, 0.29) is 11.1 Å². The number of ether oxygens (including phenoxy) is 1. The van der Waals surface area contributed by atoms with Crippen LogP contribution in [0.15, 0.2) is 29.8 Å². The molecule has 6 heteroatoms. The minimum atomic E-state index is -0.229. The molecule has 88 valence electrons. The molecule has 0 radical (unpaired) electrons. The molecule has 0 aliphatic carbocycles. The zero-order chi connectivity index (χ0) is 12.3. The molecule has 2 rings (SSSR count). The van der Waals surface area contributed by atoms with Crippen molar-refractivity contribution in [1.82, 2.24) is 4.98 Å². The molecule has 0 aliphatic heterocycles. The fourth-order valence-corrected chi connectivity index (χ4v) is 2.12. The maximum Gasteiger partial charge on any atom is 0.265 e. The van der Waals surface area contributed by atoms with Gasteiger partial charge in [-0.2, -0.15) is 0 Å². The van der Waals surface area contributed by atoms with Gasteiger partial charge in [-0.3, -0.25) is 4.79 Å². The number of amides is 1. The highest BCUT2D eigenvalue weighted by Gasteiger charge is 2.11. The van der Waals surface area contributed by atoms with E-state index in [0.717, 1.165) is 0 Å². The van der Waals surface area contributed by atoms with Crippen LogP contribution in [0, 0.1) is 0 Å². The van der Waals surface area contributed by atoms with Gasteiger partial charge >= 0.3 is 0 Å². The van der Waals surface area contributed by atoms with Gasteiger partial charge in [-0.1, -0.05) is 11.6 Å². The lowest BCUT2D eigenvalue weighted by Crippen LogP contribution is -2.10. The standard InChI is InChI=1S/C11H9ClN2O2S/c1-16-7-5-9(17-6-7)11(15)14-8-3-2-4-13-10(8)12/h2-6H,1H3,(H,14,15). The van der Waals surface area contributed by atoms with Crippen molar-refractivity contribution < 1.29 is 9.53 Å². The van der Waals surface area contributed by atoms with Gasteiger partial charge in [-0.15, -0.1) is 11.3 Å². The van der Waals surface area contributed by atoms with Crippen molar-refractivity contribution in [2.75, 3.05) is 12.4 Å². The molecule has 0 saturated carbocycles. The Morgan fingerprint density at radius 1 is 1.59 bits per heavy atom. The monoisotopic (exact) mass is 268 g/mol. The first-order chi connectivity index (χ1) is 8.20. The van der Waals surface area contributed by atoms with Crippen LogP contribution in [0.5, 0.6) is 5.75 Å². The molecule has 2 heterocycles. The lowest BCUT2D eigenvalue weighted by atomic mass is 10.4. The van der Waals surface area contributed by atoms with Crippen LogP contribution in [-0.4, -0.2) is 18.0 Å². The Morgan fingerprint density at radius 2 is 2.41 bits per heavy atom. The van der Waals surface area contributed by atoms with E-state index in [9.17, 15) is 4.79 Å². The quantitative estimate of drug-likeness (QED) is 0.871. The summed E-state index contributed by atoms with van der Waals surface area (Å²) in [6, 6.07) is 5.07. The summed E-state index contributed by atoms with van der Waals surface area (Å²) in [7, 11) is 1.56. The first-order valence-electron chi connectivity index (χ1n) is 4.75. The van der Waals surface area contributed by atoms with E-state index in [0.29, 0.717) is 16.3 Å². The SMILES string of the molecule is COc1csc(C(=O)Nc2cccnc2Cl)c1. The first-order valence-corrected chi connectivity index (χ1v) is 6.01. The number of rotatable bonds is 3. The van der Waals surface area contributed by atoms with Gasteiger partial charge in [-0.05, 0) is 12.1 Å². The van der Waals surface area contributed by atoms with Crippen LogP contribution in [0.1, 0.15) is 9.67 Å². The van der Waals surface area contributed by atoms with E-state index in [2.05, 4.69) is 10.3 Å². The zero-order valence-corrected chi connectivity index (χ0v) is 10.5. The predicted octanol–water partition coefficient (Wildman–Crippen LogP) is 3.06. The number of thiophene rings is 1. The number of carbonyl (C=O) groups is 1. The summed E-state index contributed by atoms with van der Waals surface area (Å²) in [5.74, 6) is 0.436. The smallest absolute Gasteiger partial charge is 0.265 e. The van der Waals surface area contributed by atoms with Crippen molar-refractivity contribution in [3.8, 4) is 5.75 Å². The highest BCUT2D eigenvalue weighted by atomic mass is 35.5. The second-order valence-electron chi connectivity index (χ2n) is 3.15. The van der Waals surface area contributed by atoms with Crippen LogP contribution in [0.3, 0.4) is 0 Å². The van der Waals surface area contributed by atoms with E-state index in [1.807, 2.05) is 0 Å². The second-order valence-corrected chi connectivity index (χ2v) is 4.42. The fourth-order valence-electron chi connectivity index (χ4n) is 1.21. The third-order valence-corrected chi connectivity index (χ3v) is 3.25. The molecule has 0 aromatic carbocycles. The molecular formula is C11H9ClN2O2S. The molecule has 0 spiro atoms. The highest BCUT2D eigenvalue weighted by molar-refractivity contribution is 7.12. The van der Waals surface area contributed by atoms with Gasteiger partial charge < -0.3 is 10.1 Å². The Morgan fingerprint density at radius 3 is 3.06 bits per heavy atom. The van der Waals surface area contributed by atoms with Crippen molar-refractivity contribution >= 4 is 34.5 Å². The molecular weight excluding hydrogens is 260 g/mol. The van der Waals surface area contributed by atoms with Gasteiger partial charge in [0.1, 0.15) is 5.75 Å². The van der Waals surface area contributed by atoms with Crippen LogP contribution in [0.4, 0.5) is 5.69 Å². The van der Waals surface area contributed by atoms with Gasteiger partial charge in [0.25, 0.3) is 5.91 Å². The average Bonchev–Trinajstić information content (AvgIpc) is 2.81. The topological polar surface area (TPSA) is 51.2 Å². The second kappa shape index (κ2) is 5.16. The lowest BCUT2D eigenvalue weighted by molar-refractivity contribution is 0.103. The van der Waals surface area contributed by atoms with E-state index in [1.54, 1.807) is 36.9 Å². The minimum Gasteiger partial charge on any atom is -0.496 e. The fraction of sp³-hybridized carbons (Fsp3) is 0.0909. The summed E-state index contributed by atoms with van der Waals surface area (Å²) in [6.07, 6.45) is 1.56. The van der Waals surface area contributed by atoms with E-state index < -0.39 is 0 Å². The Kier molecular flexibility index (Phi) is 3.61. The first kappa shape index (κ1) is 11.9. The summed E-state index contributed by atoms with van der Waals surface area (Å²) in [4.78, 5) is 16.3. The van der Waals surface area contributed by atoms with Crippen molar-refractivity contribution in [1.29, 1.82) is 0 Å². The largest absolute Gasteiger partial charge is 0.496 e. The summed E-state index contributed by atoms with van der Waals surface area (Å²) >= 11 is 7.15. The van der Waals surface area contributed by atoms with Crippen molar-refractivity contribution in [3.63, 3.8) is 0 Å². The summed E-state index contributed by atoms with van der Waals surface area (Å²) < 4.78 is 5.01. The van der Waals surface area contributed by atoms with Crippen molar-refractivity contribution in [2.45, 2.75) is 0 Å². The number of methoxy groups -OCH3 is 1. The maximum atomic E-state index is 11.9. The number of aromatic nitrogens is 1. The third-order valence-electron chi connectivity index (χ3n) is 2.04.